The quantitative estimate of drug-likeness (QED) is 0.646. The van der Waals surface area contributed by atoms with Crippen LogP contribution in [0, 0.1) is 6.92 Å². The summed E-state index contributed by atoms with van der Waals surface area (Å²) in [4.78, 5) is 32.4. The van der Waals surface area contributed by atoms with Crippen LogP contribution in [-0.2, 0) is 11.3 Å². The van der Waals surface area contributed by atoms with E-state index >= 15 is 0 Å². The number of carbonyl (C=O) groups excluding carboxylic acids is 2. The summed E-state index contributed by atoms with van der Waals surface area (Å²) < 4.78 is 9.90. The molecule has 0 aliphatic heterocycles. The van der Waals surface area contributed by atoms with E-state index in [1.165, 1.54) is 7.11 Å². The van der Waals surface area contributed by atoms with Crippen molar-refractivity contribution in [2.75, 3.05) is 17.7 Å². The molecule has 3 rings (SSSR count). The molecule has 8 nitrogen and oxygen atoms in total. The Morgan fingerprint density at radius 1 is 1.15 bits per heavy atom. The summed E-state index contributed by atoms with van der Waals surface area (Å²) in [6.07, 6.45) is 1.59. The number of nitrogens with one attached hydrogen (secondary N) is 2. The highest BCUT2D eigenvalue weighted by Crippen LogP contribution is 2.14. The molecule has 0 spiro atoms. The first-order valence-electron chi connectivity index (χ1n) is 8.17. The fourth-order valence-electron chi connectivity index (χ4n) is 2.37. The molecule has 0 fully saturated rings. The number of hydrogen-bond donors (Lipinski definition) is 2. The molecule has 0 unspecified atom stereocenters. The lowest BCUT2D eigenvalue weighted by Crippen LogP contribution is -2.16. The molecule has 0 radical (unpaired) electrons. The lowest BCUT2D eigenvalue weighted by Gasteiger charge is -2.09. The largest absolute Gasteiger partial charge is 0.467 e. The van der Waals surface area contributed by atoms with Crippen LogP contribution in [0.1, 0.15) is 32.4 Å². The van der Waals surface area contributed by atoms with Gasteiger partial charge < -0.3 is 19.8 Å². The molecule has 3 aromatic rings. The van der Waals surface area contributed by atoms with Crippen molar-refractivity contribution in [1.29, 1.82) is 0 Å². The topological polar surface area (TPSA) is 106 Å². The zero-order valence-electron chi connectivity index (χ0n) is 14.9. The Kier molecular flexibility index (Phi) is 5.46. The van der Waals surface area contributed by atoms with Gasteiger partial charge in [0.15, 0.2) is 0 Å². The number of furan rings is 1. The monoisotopic (exact) mass is 366 g/mol. The number of nitrogens with zero attached hydrogens (tertiary/aromatic N) is 2. The van der Waals surface area contributed by atoms with Crippen LogP contribution in [0.3, 0.4) is 0 Å². The number of esters is 1. The van der Waals surface area contributed by atoms with Crippen LogP contribution in [0.4, 0.5) is 11.5 Å². The maximum Gasteiger partial charge on any atom is 0.337 e. The first kappa shape index (κ1) is 18.1. The van der Waals surface area contributed by atoms with E-state index in [4.69, 9.17) is 4.42 Å². The summed E-state index contributed by atoms with van der Waals surface area (Å²) in [6, 6.07) is 11.6. The van der Waals surface area contributed by atoms with E-state index in [1.807, 2.05) is 6.07 Å². The van der Waals surface area contributed by atoms with E-state index < -0.39 is 5.97 Å². The minimum absolute atomic E-state index is 0.224. The van der Waals surface area contributed by atoms with E-state index in [-0.39, 0.29) is 11.6 Å². The van der Waals surface area contributed by atoms with Crippen molar-refractivity contribution in [3.63, 3.8) is 0 Å². The molecule has 2 heterocycles. The summed E-state index contributed by atoms with van der Waals surface area (Å²) in [5.41, 5.74) is 1.16. The van der Waals surface area contributed by atoms with E-state index in [0.717, 1.165) is 5.76 Å². The van der Waals surface area contributed by atoms with Gasteiger partial charge in [0.2, 0.25) is 0 Å². The van der Waals surface area contributed by atoms with Crippen molar-refractivity contribution in [3.8, 4) is 0 Å². The standard InChI is InChI=1S/C19H18N4O4/c1-12-21-16(10-17(22-12)20-11-15-4-3-9-27-15)18(24)23-14-7-5-13(6-8-14)19(25)26-2/h3-10H,11H2,1-2H3,(H,23,24)(H,20,21,22). The van der Waals surface area contributed by atoms with Gasteiger partial charge in [-0.25, -0.2) is 14.8 Å². The summed E-state index contributed by atoms with van der Waals surface area (Å²) in [5, 5.41) is 5.84. The number of benzene rings is 1. The molecule has 0 bridgehead atoms. The van der Waals surface area contributed by atoms with Crippen molar-refractivity contribution in [2.24, 2.45) is 0 Å². The van der Waals surface area contributed by atoms with Crippen molar-refractivity contribution >= 4 is 23.4 Å². The van der Waals surface area contributed by atoms with Crippen molar-refractivity contribution in [1.82, 2.24) is 9.97 Å². The number of ether oxygens (including phenoxy) is 1. The Bertz CT molecular complexity index is 937. The van der Waals surface area contributed by atoms with Crippen molar-refractivity contribution in [3.05, 3.63) is 71.6 Å². The molecule has 0 aliphatic rings. The highest BCUT2D eigenvalue weighted by Gasteiger charge is 2.12. The number of amides is 1. The molecule has 0 saturated heterocycles. The van der Waals surface area contributed by atoms with Gasteiger partial charge in [-0.1, -0.05) is 0 Å². The number of methoxy groups -OCH3 is 1. The second-order valence-corrected chi connectivity index (χ2v) is 5.64. The molecule has 138 valence electrons. The predicted molar refractivity (Wildman–Crippen MR) is 98.5 cm³/mol. The van der Waals surface area contributed by atoms with E-state index in [0.29, 0.717) is 29.4 Å². The Hall–Kier alpha value is -3.68. The third kappa shape index (κ3) is 4.69. The van der Waals surface area contributed by atoms with Crippen molar-refractivity contribution < 1.29 is 18.7 Å². The summed E-state index contributed by atoms with van der Waals surface area (Å²) in [6.45, 7) is 2.15. The van der Waals surface area contributed by atoms with Gasteiger partial charge in [-0.05, 0) is 43.3 Å². The zero-order valence-corrected chi connectivity index (χ0v) is 14.9. The average molecular weight is 366 g/mol. The number of hydrogen-bond acceptors (Lipinski definition) is 7. The number of rotatable bonds is 6. The van der Waals surface area contributed by atoms with Gasteiger partial charge in [-0.3, -0.25) is 4.79 Å². The van der Waals surface area contributed by atoms with Gasteiger partial charge in [0, 0.05) is 11.8 Å². The van der Waals surface area contributed by atoms with E-state index in [2.05, 4.69) is 25.3 Å². The Balaban J connectivity index is 1.69. The van der Waals surface area contributed by atoms with Crippen LogP contribution in [0.2, 0.25) is 0 Å². The molecule has 0 saturated carbocycles. The van der Waals surface area contributed by atoms with Gasteiger partial charge in [-0.15, -0.1) is 0 Å². The van der Waals surface area contributed by atoms with Crippen LogP contribution in [0.5, 0.6) is 0 Å². The lowest BCUT2D eigenvalue weighted by atomic mass is 10.2. The minimum atomic E-state index is -0.438. The summed E-state index contributed by atoms with van der Waals surface area (Å²) >= 11 is 0. The number of aryl methyl sites for hydroxylation is 1. The third-order valence-corrected chi connectivity index (χ3v) is 3.66. The fourth-order valence-corrected chi connectivity index (χ4v) is 2.37. The summed E-state index contributed by atoms with van der Waals surface area (Å²) in [7, 11) is 1.31. The molecule has 1 amide bonds. The maximum absolute atomic E-state index is 12.5. The minimum Gasteiger partial charge on any atom is -0.467 e. The number of aromatic nitrogens is 2. The van der Waals surface area contributed by atoms with Crippen LogP contribution in [0.25, 0.3) is 0 Å². The molecular weight excluding hydrogens is 348 g/mol. The SMILES string of the molecule is COC(=O)c1ccc(NC(=O)c2cc(NCc3ccco3)nc(C)n2)cc1. The Morgan fingerprint density at radius 3 is 2.59 bits per heavy atom. The summed E-state index contributed by atoms with van der Waals surface area (Å²) in [5.74, 6) is 0.914. The Labute approximate surface area is 155 Å². The van der Waals surface area contributed by atoms with Gasteiger partial charge in [0.25, 0.3) is 5.91 Å². The highest BCUT2D eigenvalue weighted by molar-refractivity contribution is 6.03. The normalized spacial score (nSPS) is 10.3. The van der Waals surface area contributed by atoms with E-state index in [1.54, 1.807) is 49.6 Å². The fraction of sp³-hybridized carbons (Fsp3) is 0.158. The molecule has 2 aromatic heterocycles. The Morgan fingerprint density at radius 2 is 1.93 bits per heavy atom. The molecule has 8 heteroatoms. The molecule has 0 atom stereocenters. The molecule has 2 N–H and O–H groups in total. The second-order valence-electron chi connectivity index (χ2n) is 5.64. The number of carbonyl (C=O) groups is 2. The first-order chi connectivity index (χ1) is 13.0. The van der Waals surface area contributed by atoms with Gasteiger partial charge in [0.05, 0.1) is 25.5 Å². The second kappa shape index (κ2) is 8.13. The van der Waals surface area contributed by atoms with Crippen LogP contribution >= 0.6 is 0 Å². The average Bonchev–Trinajstić information content (AvgIpc) is 3.19. The third-order valence-electron chi connectivity index (χ3n) is 3.66. The molecule has 0 aliphatic carbocycles. The van der Waals surface area contributed by atoms with Gasteiger partial charge >= 0.3 is 5.97 Å². The van der Waals surface area contributed by atoms with Gasteiger partial charge in [-0.2, -0.15) is 0 Å². The van der Waals surface area contributed by atoms with Crippen LogP contribution in [0.15, 0.2) is 53.1 Å². The maximum atomic E-state index is 12.5. The van der Waals surface area contributed by atoms with Crippen LogP contribution < -0.4 is 10.6 Å². The molecule has 27 heavy (non-hydrogen) atoms. The van der Waals surface area contributed by atoms with Crippen molar-refractivity contribution in [2.45, 2.75) is 13.5 Å². The molecule has 1 aromatic carbocycles. The number of anilines is 2. The first-order valence-corrected chi connectivity index (χ1v) is 8.17. The van der Waals surface area contributed by atoms with E-state index in [9.17, 15) is 9.59 Å². The smallest absolute Gasteiger partial charge is 0.337 e. The van der Waals surface area contributed by atoms with Crippen LogP contribution in [-0.4, -0.2) is 29.0 Å². The predicted octanol–water partition coefficient (Wildman–Crippen LogP) is 3.03. The zero-order chi connectivity index (χ0) is 19.2. The van der Waals surface area contributed by atoms with Gasteiger partial charge in [0.1, 0.15) is 23.1 Å². The lowest BCUT2D eigenvalue weighted by molar-refractivity contribution is 0.0600. The highest BCUT2D eigenvalue weighted by atomic mass is 16.5. The molecular formula is C19H18N4O4.